The number of anilines is 1. The number of benzene rings is 3. The molecule has 0 saturated carbocycles. The predicted molar refractivity (Wildman–Crippen MR) is 159 cm³/mol. The number of nitrogens with zero attached hydrogens (tertiary/aromatic N) is 1. The Kier molecular flexibility index (Phi) is 9.61. The number of para-hydroxylation sites is 1. The smallest absolute Gasteiger partial charge is 0.294 e. The summed E-state index contributed by atoms with van der Waals surface area (Å²) >= 11 is 16.5. The first kappa shape index (κ1) is 29.0. The molecule has 1 saturated heterocycles. The lowest BCUT2D eigenvalue weighted by molar-refractivity contribution is -0.127. The zero-order valence-electron chi connectivity index (χ0n) is 20.9. The van der Waals surface area contributed by atoms with Gasteiger partial charge in [0.15, 0.2) is 11.5 Å². The molecule has 0 atom stereocenters. The lowest BCUT2D eigenvalue weighted by Gasteiger charge is -2.15. The lowest BCUT2D eigenvalue weighted by Crippen LogP contribution is -2.36. The second-order valence-electron chi connectivity index (χ2n) is 8.42. The Balaban J connectivity index is 1.50. The molecule has 1 N–H and O–H groups in total. The summed E-state index contributed by atoms with van der Waals surface area (Å²) in [4.78, 5) is 39.2. The van der Waals surface area contributed by atoms with E-state index in [1.165, 1.54) is 0 Å². The van der Waals surface area contributed by atoms with Crippen molar-refractivity contribution in [2.24, 2.45) is 0 Å². The van der Waals surface area contributed by atoms with E-state index >= 15 is 0 Å². The number of aryl methyl sites for hydroxylation is 1. The third-order valence-corrected chi connectivity index (χ3v) is 7.69. The Morgan fingerprint density at radius 1 is 1.10 bits per heavy atom. The molecular weight excluding hydrogens is 627 g/mol. The standard InChI is InChI=1S/C28H23BrCl2N2O5S/c1-3-37-23-11-17(10-20(29)26(23)38-15-18-8-9-19(30)13-21(18)31)12-24-27(35)33(28(36)39-24)14-25(34)32-22-7-5-4-6-16(22)2/h4-13H,3,14-15H2,1-2H3,(H,32,34)/b24-12-. The largest absolute Gasteiger partial charge is 0.490 e. The molecule has 39 heavy (non-hydrogen) atoms. The van der Waals surface area contributed by atoms with Crippen molar-refractivity contribution in [2.75, 3.05) is 18.5 Å². The van der Waals surface area contributed by atoms with Crippen LogP contribution in [0.1, 0.15) is 23.6 Å². The number of halogens is 3. The fourth-order valence-corrected chi connectivity index (χ4v) is 5.57. The molecule has 0 radical (unpaired) electrons. The highest BCUT2D eigenvalue weighted by atomic mass is 79.9. The van der Waals surface area contributed by atoms with Crippen LogP contribution in [-0.2, 0) is 16.2 Å². The van der Waals surface area contributed by atoms with Gasteiger partial charge in [-0.2, -0.15) is 0 Å². The second kappa shape index (κ2) is 12.9. The topological polar surface area (TPSA) is 84.9 Å². The van der Waals surface area contributed by atoms with E-state index in [0.29, 0.717) is 43.9 Å². The van der Waals surface area contributed by atoms with Gasteiger partial charge in [0.05, 0.1) is 16.0 Å². The maximum Gasteiger partial charge on any atom is 0.294 e. The van der Waals surface area contributed by atoms with Gasteiger partial charge >= 0.3 is 0 Å². The summed E-state index contributed by atoms with van der Waals surface area (Å²) in [5, 5.41) is 3.24. The first-order valence-electron chi connectivity index (χ1n) is 11.8. The van der Waals surface area contributed by atoms with Crippen molar-refractivity contribution in [3.63, 3.8) is 0 Å². The van der Waals surface area contributed by atoms with Gasteiger partial charge in [0.2, 0.25) is 5.91 Å². The van der Waals surface area contributed by atoms with Crippen LogP contribution in [0.15, 0.2) is 64.0 Å². The van der Waals surface area contributed by atoms with Crippen LogP contribution >= 0.6 is 50.9 Å². The van der Waals surface area contributed by atoms with Crippen LogP contribution in [0.4, 0.5) is 10.5 Å². The van der Waals surface area contributed by atoms with Crippen LogP contribution in [0.3, 0.4) is 0 Å². The molecule has 1 fully saturated rings. The minimum atomic E-state index is -0.545. The number of thioether (sulfide) groups is 1. The number of amides is 3. The van der Waals surface area contributed by atoms with E-state index in [9.17, 15) is 14.4 Å². The van der Waals surface area contributed by atoms with Crippen LogP contribution in [0.25, 0.3) is 6.08 Å². The molecule has 1 aliphatic heterocycles. The molecule has 1 heterocycles. The van der Waals surface area contributed by atoms with Crippen LogP contribution in [0, 0.1) is 6.92 Å². The molecule has 0 aliphatic carbocycles. The number of carbonyl (C=O) groups excluding carboxylic acids is 3. The summed E-state index contributed by atoms with van der Waals surface area (Å²) in [6, 6.07) is 15.9. The molecular formula is C28H23BrCl2N2O5S. The van der Waals surface area contributed by atoms with Crippen LogP contribution in [-0.4, -0.2) is 35.1 Å². The summed E-state index contributed by atoms with van der Waals surface area (Å²) in [5.41, 5.74) is 2.86. The lowest BCUT2D eigenvalue weighted by atomic mass is 10.1. The molecule has 3 aromatic carbocycles. The average Bonchev–Trinajstić information content (AvgIpc) is 3.13. The molecule has 3 amide bonds. The second-order valence-corrected chi connectivity index (χ2v) is 11.1. The highest BCUT2D eigenvalue weighted by molar-refractivity contribution is 9.10. The monoisotopic (exact) mass is 648 g/mol. The van der Waals surface area contributed by atoms with Crippen molar-refractivity contribution in [2.45, 2.75) is 20.5 Å². The normalized spacial score (nSPS) is 14.2. The quantitative estimate of drug-likeness (QED) is 0.239. The Morgan fingerprint density at radius 3 is 2.59 bits per heavy atom. The van der Waals surface area contributed by atoms with Gasteiger partial charge in [0, 0.05) is 21.3 Å². The molecule has 0 aromatic heterocycles. The molecule has 0 spiro atoms. The average molecular weight is 650 g/mol. The summed E-state index contributed by atoms with van der Waals surface area (Å²) in [6.45, 7) is 3.87. The first-order chi connectivity index (χ1) is 18.7. The van der Waals surface area contributed by atoms with E-state index in [-0.39, 0.29) is 18.1 Å². The van der Waals surface area contributed by atoms with Gasteiger partial charge in [0.1, 0.15) is 13.2 Å². The van der Waals surface area contributed by atoms with Crippen LogP contribution in [0.5, 0.6) is 11.5 Å². The third kappa shape index (κ3) is 7.16. The highest BCUT2D eigenvalue weighted by Gasteiger charge is 2.36. The van der Waals surface area contributed by atoms with E-state index in [4.69, 9.17) is 32.7 Å². The van der Waals surface area contributed by atoms with Crippen molar-refractivity contribution in [1.82, 2.24) is 4.90 Å². The van der Waals surface area contributed by atoms with Gasteiger partial charge in [-0.25, -0.2) is 0 Å². The number of nitrogens with one attached hydrogen (secondary N) is 1. The number of imide groups is 1. The zero-order chi connectivity index (χ0) is 28.1. The molecule has 0 bridgehead atoms. The Labute approximate surface area is 248 Å². The SMILES string of the molecule is CCOc1cc(/C=C2\SC(=O)N(CC(=O)Nc3ccccc3C)C2=O)cc(Br)c1OCc1ccc(Cl)cc1Cl. The van der Waals surface area contributed by atoms with Gasteiger partial charge in [-0.15, -0.1) is 0 Å². The molecule has 0 unspecified atom stereocenters. The van der Waals surface area contributed by atoms with Gasteiger partial charge < -0.3 is 14.8 Å². The van der Waals surface area contributed by atoms with Gasteiger partial charge in [0.25, 0.3) is 11.1 Å². The van der Waals surface area contributed by atoms with Crippen LogP contribution < -0.4 is 14.8 Å². The molecule has 3 aromatic rings. The summed E-state index contributed by atoms with van der Waals surface area (Å²) < 4.78 is 12.4. The van der Waals surface area contributed by atoms with Gasteiger partial charge in [-0.3, -0.25) is 19.3 Å². The molecule has 1 aliphatic rings. The number of carbonyl (C=O) groups is 3. The van der Waals surface area contributed by atoms with E-state index in [1.54, 1.807) is 48.5 Å². The highest BCUT2D eigenvalue weighted by Crippen LogP contribution is 2.40. The zero-order valence-corrected chi connectivity index (χ0v) is 24.8. The van der Waals surface area contributed by atoms with E-state index in [1.807, 2.05) is 26.0 Å². The first-order valence-corrected chi connectivity index (χ1v) is 14.2. The van der Waals surface area contributed by atoms with Crippen molar-refractivity contribution >= 4 is 79.7 Å². The summed E-state index contributed by atoms with van der Waals surface area (Å²) in [6.07, 6.45) is 1.58. The Hall–Kier alpha value is -2.98. The number of ether oxygens (including phenoxy) is 2. The fraction of sp³-hybridized carbons (Fsp3) is 0.179. The van der Waals surface area contributed by atoms with Crippen molar-refractivity contribution in [1.29, 1.82) is 0 Å². The summed E-state index contributed by atoms with van der Waals surface area (Å²) in [5.74, 6) is -0.103. The summed E-state index contributed by atoms with van der Waals surface area (Å²) in [7, 11) is 0. The molecule has 4 rings (SSSR count). The minimum absolute atomic E-state index is 0.178. The molecule has 11 heteroatoms. The number of rotatable bonds is 9. The maximum absolute atomic E-state index is 13.0. The van der Waals surface area contributed by atoms with Crippen LogP contribution in [0.2, 0.25) is 10.0 Å². The fourth-order valence-electron chi connectivity index (χ4n) is 3.70. The Morgan fingerprint density at radius 2 is 1.87 bits per heavy atom. The minimum Gasteiger partial charge on any atom is -0.490 e. The Bertz CT molecular complexity index is 1480. The van der Waals surface area contributed by atoms with E-state index in [0.717, 1.165) is 27.8 Å². The maximum atomic E-state index is 13.0. The number of hydrogen-bond acceptors (Lipinski definition) is 6. The molecule has 7 nitrogen and oxygen atoms in total. The van der Waals surface area contributed by atoms with Crippen molar-refractivity contribution < 1.29 is 23.9 Å². The third-order valence-electron chi connectivity index (χ3n) is 5.61. The van der Waals surface area contributed by atoms with Crippen molar-refractivity contribution in [3.05, 3.63) is 90.7 Å². The van der Waals surface area contributed by atoms with E-state index in [2.05, 4.69) is 21.2 Å². The van der Waals surface area contributed by atoms with Gasteiger partial charge in [-0.05, 0) is 89.1 Å². The van der Waals surface area contributed by atoms with Gasteiger partial charge in [-0.1, -0.05) is 47.5 Å². The van der Waals surface area contributed by atoms with E-state index < -0.39 is 17.1 Å². The molecule has 202 valence electrons. The number of hydrogen-bond donors (Lipinski definition) is 1. The predicted octanol–water partition coefficient (Wildman–Crippen LogP) is 7.72. The van der Waals surface area contributed by atoms with Crippen molar-refractivity contribution in [3.8, 4) is 11.5 Å².